The summed E-state index contributed by atoms with van der Waals surface area (Å²) in [5.74, 6) is -1.61. The maximum atomic E-state index is 13.4. The van der Waals surface area contributed by atoms with Crippen molar-refractivity contribution in [1.82, 2.24) is 15.1 Å². The molecule has 1 N–H and O–H groups in total. The van der Waals surface area contributed by atoms with Crippen LogP contribution < -0.4 is 5.32 Å². The Bertz CT molecular complexity index is 442. The Morgan fingerprint density at radius 3 is 2.67 bits per heavy atom. The Balaban J connectivity index is 2.31. The number of hydrogen-bond donors (Lipinski definition) is 1. The van der Waals surface area contributed by atoms with Crippen molar-refractivity contribution < 1.29 is 13.2 Å². The minimum absolute atomic E-state index is 0.246. The first-order valence-corrected chi connectivity index (χ1v) is 7.80. The molecule has 21 heavy (non-hydrogen) atoms. The zero-order valence-electron chi connectivity index (χ0n) is 12.7. The lowest BCUT2D eigenvalue weighted by atomic mass is 9.74. The number of aromatic nitrogens is 2. The lowest BCUT2D eigenvalue weighted by Gasteiger charge is -2.38. The third-order valence-corrected chi connectivity index (χ3v) is 4.46. The SMILES string of the molecule is CCNC(c1ccnn1CC)C1CCCCC1C(F)(F)F. The summed E-state index contributed by atoms with van der Waals surface area (Å²) in [5, 5.41) is 7.49. The van der Waals surface area contributed by atoms with Crippen molar-refractivity contribution in [1.29, 1.82) is 0 Å². The van der Waals surface area contributed by atoms with Crippen molar-refractivity contribution in [3.05, 3.63) is 18.0 Å². The summed E-state index contributed by atoms with van der Waals surface area (Å²) < 4.78 is 41.9. The van der Waals surface area contributed by atoms with Crippen LogP contribution in [0.1, 0.15) is 51.3 Å². The number of hydrogen-bond acceptors (Lipinski definition) is 2. The van der Waals surface area contributed by atoms with E-state index in [1.165, 1.54) is 0 Å². The third kappa shape index (κ3) is 3.59. The van der Waals surface area contributed by atoms with E-state index in [1.54, 1.807) is 10.9 Å². The summed E-state index contributed by atoms with van der Waals surface area (Å²) in [6, 6.07) is 1.57. The van der Waals surface area contributed by atoms with Gasteiger partial charge in [-0.25, -0.2) is 0 Å². The summed E-state index contributed by atoms with van der Waals surface area (Å²) in [5.41, 5.74) is 0.875. The summed E-state index contributed by atoms with van der Waals surface area (Å²) in [7, 11) is 0. The molecular weight excluding hydrogens is 279 g/mol. The van der Waals surface area contributed by atoms with Gasteiger partial charge in [0.2, 0.25) is 0 Å². The van der Waals surface area contributed by atoms with Crippen molar-refractivity contribution in [2.75, 3.05) is 6.54 Å². The molecule has 3 nitrogen and oxygen atoms in total. The molecule has 0 saturated heterocycles. The van der Waals surface area contributed by atoms with Gasteiger partial charge >= 0.3 is 6.18 Å². The Labute approximate surface area is 123 Å². The molecule has 0 aliphatic heterocycles. The molecule has 0 aromatic carbocycles. The van der Waals surface area contributed by atoms with Crippen LogP contribution in [-0.2, 0) is 6.54 Å². The van der Waals surface area contributed by atoms with Crippen LogP contribution in [0.5, 0.6) is 0 Å². The zero-order chi connectivity index (χ0) is 15.5. The molecule has 3 unspecified atom stereocenters. The molecule has 1 heterocycles. The van der Waals surface area contributed by atoms with Crippen LogP contribution in [-0.4, -0.2) is 22.5 Å². The number of aryl methyl sites for hydroxylation is 1. The molecule has 0 amide bonds. The molecule has 0 bridgehead atoms. The lowest BCUT2D eigenvalue weighted by Crippen LogP contribution is -2.41. The number of alkyl halides is 3. The Kier molecular flexibility index (Phi) is 5.30. The Morgan fingerprint density at radius 1 is 1.33 bits per heavy atom. The largest absolute Gasteiger partial charge is 0.392 e. The number of rotatable bonds is 5. The average molecular weight is 303 g/mol. The number of nitrogens with zero attached hydrogens (tertiary/aromatic N) is 2. The molecule has 6 heteroatoms. The van der Waals surface area contributed by atoms with Gasteiger partial charge in [-0.15, -0.1) is 0 Å². The van der Waals surface area contributed by atoms with Crippen LogP contribution in [0, 0.1) is 11.8 Å². The first-order valence-electron chi connectivity index (χ1n) is 7.80. The van der Waals surface area contributed by atoms with Gasteiger partial charge in [-0.3, -0.25) is 4.68 Å². The van der Waals surface area contributed by atoms with E-state index in [0.29, 0.717) is 25.9 Å². The molecule has 2 rings (SSSR count). The molecule has 1 aliphatic rings. The quantitative estimate of drug-likeness (QED) is 0.893. The van der Waals surface area contributed by atoms with Gasteiger partial charge in [0.05, 0.1) is 17.7 Å². The molecule has 0 spiro atoms. The summed E-state index contributed by atoms with van der Waals surface area (Å²) in [6.07, 6.45) is -0.0244. The van der Waals surface area contributed by atoms with Gasteiger partial charge in [-0.05, 0) is 38.3 Å². The molecule has 3 atom stereocenters. The number of nitrogens with one attached hydrogen (secondary N) is 1. The molecule has 120 valence electrons. The highest BCUT2D eigenvalue weighted by Crippen LogP contribution is 2.46. The summed E-state index contributed by atoms with van der Waals surface area (Å²) in [4.78, 5) is 0. The third-order valence-electron chi connectivity index (χ3n) is 4.46. The maximum absolute atomic E-state index is 13.4. The first kappa shape index (κ1) is 16.3. The minimum Gasteiger partial charge on any atom is -0.309 e. The highest BCUT2D eigenvalue weighted by Gasteiger charge is 2.48. The Morgan fingerprint density at radius 2 is 2.05 bits per heavy atom. The predicted octanol–water partition coefficient (Wildman–Crippen LogP) is 3.92. The standard InChI is InChI=1S/C15H24F3N3/c1-3-19-14(13-9-10-20-21(13)4-2)11-7-5-6-8-12(11)15(16,17)18/h9-12,14,19H,3-8H2,1-2H3. The van der Waals surface area contributed by atoms with E-state index in [4.69, 9.17) is 0 Å². The second kappa shape index (κ2) is 6.81. The molecule has 0 radical (unpaired) electrons. The van der Waals surface area contributed by atoms with Crippen molar-refractivity contribution in [3.63, 3.8) is 0 Å². The van der Waals surface area contributed by atoms with Crippen LogP contribution in [0.25, 0.3) is 0 Å². The second-order valence-corrected chi connectivity index (χ2v) is 5.70. The summed E-state index contributed by atoms with van der Waals surface area (Å²) in [6.45, 7) is 5.22. The van der Waals surface area contributed by atoms with Crippen LogP contribution in [0.15, 0.2) is 12.3 Å². The van der Waals surface area contributed by atoms with Gasteiger partial charge in [-0.2, -0.15) is 18.3 Å². The fraction of sp³-hybridized carbons (Fsp3) is 0.800. The van der Waals surface area contributed by atoms with Crippen molar-refractivity contribution >= 4 is 0 Å². The van der Waals surface area contributed by atoms with Gasteiger partial charge in [0.15, 0.2) is 0 Å². The van der Waals surface area contributed by atoms with Gasteiger partial charge < -0.3 is 5.32 Å². The molecular formula is C15H24F3N3. The topological polar surface area (TPSA) is 29.9 Å². The van der Waals surface area contributed by atoms with Crippen molar-refractivity contribution in [2.45, 2.75) is 58.3 Å². The van der Waals surface area contributed by atoms with E-state index in [0.717, 1.165) is 12.1 Å². The first-order chi connectivity index (χ1) is 9.99. The molecule has 1 fully saturated rings. The van der Waals surface area contributed by atoms with Crippen LogP contribution in [0.3, 0.4) is 0 Å². The smallest absolute Gasteiger partial charge is 0.309 e. The van der Waals surface area contributed by atoms with Gasteiger partial charge in [0.25, 0.3) is 0 Å². The highest BCUT2D eigenvalue weighted by molar-refractivity contribution is 5.10. The van der Waals surface area contributed by atoms with Crippen LogP contribution in [0.4, 0.5) is 13.2 Å². The van der Waals surface area contributed by atoms with E-state index in [1.807, 2.05) is 19.9 Å². The molecule has 1 aliphatic carbocycles. The van der Waals surface area contributed by atoms with E-state index < -0.39 is 18.0 Å². The molecule has 1 aromatic rings. The number of halogens is 3. The zero-order valence-corrected chi connectivity index (χ0v) is 12.7. The van der Waals surface area contributed by atoms with Crippen LogP contribution >= 0.6 is 0 Å². The van der Waals surface area contributed by atoms with Crippen molar-refractivity contribution in [3.8, 4) is 0 Å². The van der Waals surface area contributed by atoms with Crippen LogP contribution in [0.2, 0.25) is 0 Å². The lowest BCUT2D eigenvalue weighted by molar-refractivity contribution is -0.199. The molecule has 1 aromatic heterocycles. The highest BCUT2D eigenvalue weighted by atomic mass is 19.4. The van der Waals surface area contributed by atoms with E-state index in [9.17, 15) is 13.2 Å². The predicted molar refractivity (Wildman–Crippen MR) is 75.8 cm³/mol. The van der Waals surface area contributed by atoms with Gasteiger partial charge in [-0.1, -0.05) is 19.8 Å². The van der Waals surface area contributed by atoms with E-state index in [2.05, 4.69) is 10.4 Å². The fourth-order valence-corrected chi connectivity index (χ4v) is 3.53. The average Bonchev–Trinajstić information content (AvgIpc) is 2.92. The van der Waals surface area contributed by atoms with E-state index >= 15 is 0 Å². The Hall–Kier alpha value is -1.04. The second-order valence-electron chi connectivity index (χ2n) is 5.70. The summed E-state index contributed by atoms with van der Waals surface area (Å²) >= 11 is 0. The van der Waals surface area contributed by atoms with Crippen molar-refractivity contribution in [2.24, 2.45) is 11.8 Å². The minimum atomic E-state index is -4.12. The maximum Gasteiger partial charge on any atom is 0.392 e. The van der Waals surface area contributed by atoms with Gasteiger partial charge in [0, 0.05) is 12.7 Å². The normalized spacial score (nSPS) is 25.0. The monoisotopic (exact) mass is 303 g/mol. The van der Waals surface area contributed by atoms with Gasteiger partial charge in [0.1, 0.15) is 0 Å². The van der Waals surface area contributed by atoms with E-state index in [-0.39, 0.29) is 12.5 Å². The molecule has 1 saturated carbocycles. The fourth-order valence-electron chi connectivity index (χ4n) is 3.53.